The number of anilines is 3. The molecule has 0 bridgehead atoms. The number of aryl methyl sites for hydroxylation is 1. The fourth-order valence-corrected chi connectivity index (χ4v) is 10.1. The molecule has 60 heavy (non-hydrogen) atoms. The van der Waals surface area contributed by atoms with Crippen LogP contribution in [0.3, 0.4) is 0 Å². The van der Waals surface area contributed by atoms with Gasteiger partial charge in [0.1, 0.15) is 4.88 Å². The van der Waals surface area contributed by atoms with E-state index in [2.05, 4.69) is 55.1 Å². The molecule has 3 N–H and O–H groups in total. The average Bonchev–Trinajstić information content (AvgIpc) is 3.77. The summed E-state index contributed by atoms with van der Waals surface area (Å²) in [6.07, 6.45) is 0.727. The third-order valence-electron chi connectivity index (χ3n) is 12.3. The van der Waals surface area contributed by atoms with Crippen LogP contribution in [0.5, 0.6) is 0 Å². The van der Waals surface area contributed by atoms with Crippen LogP contribution in [0.1, 0.15) is 41.0 Å². The van der Waals surface area contributed by atoms with Crippen LogP contribution < -0.4 is 25.8 Å². The maximum atomic E-state index is 13.5. The molecule has 0 saturated carbocycles. The third kappa shape index (κ3) is 6.64. The topological polar surface area (TPSA) is 165 Å². The summed E-state index contributed by atoms with van der Waals surface area (Å²) in [4.78, 5) is 77.7. The van der Waals surface area contributed by atoms with Gasteiger partial charge in [-0.05, 0) is 67.9 Å². The summed E-state index contributed by atoms with van der Waals surface area (Å²) < 4.78 is 2.81. The van der Waals surface area contributed by atoms with Gasteiger partial charge in [0.2, 0.25) is 11.8 Å². The number of hydrogen-bond acceptors (Lipinski definition) is 11. The highest BCUT2D eigenvalue weighted by Crippen LogP contribution is 2.41. The highest BCUT2D eigenvalue weighted by Gasteiger charge is 2.34. The number of benzene rings is 3. The van der Waals surface area contributed by atoms with Gasteiger partial charge in [0.05, 0.1) is 34.0 Å². The van der Waals surface area contributed by atoms with Crippen LogP contribution in [0, 0.1) is 0 Å². The first-order chi connectivity index (χ1) is 29.1. The van der Waals surface area contributed by atoms with Crippen LogP contribution >= 0.6 is 11.3 Å². The summed E-state index contributed by atoms with van der Waals surface area (Å²) >= 11 is 1.50. The van der Waals surface area contributed by atoms with E-state index in [1.807, 2.05) is 56.4 Å². The van der Waals surface area contributed by atoms with E-state index in [-0.39, 0.29) is 23.8 Å². The Labute approximate surface area is 349 Å². The lowest BCUT2D eigenvalue weighted by Crippen LogP contribution is -2.56. The van der Waals surface area contributed by atoms with Crippen molar-refractivity contribution in [3.63, 3.8) is 0 Å². The second-order valence-electron chi connectivity index (χ2n) is 16.1. The zero-order valence-electron chi connectivity index (χ0n) is 33.4. The van der Waals surface area contributed by atoms with E-state index in [9.17, 15) is 24.0 Å². The molecule has 3 fully saturated rings. The summed E-state index contributed by atoms with van der Waals surface area (Å²) in [5.74, 6) is -2.01. The number of hydrogen-bond donors (Lipinski definition) is 3. The van der Waals surface area contributed by atoms with Gasteiger partial charge in [-0.1, -0.05) is 12.1 Å². The zero-order valence-corrected chi connectivity index (χ0v) is 34.2. The number of amides is 5. The molecule has 0 aliphatic carbocycles. The number of nitrogens with zero attached hydrogens (tertiary/aromatic N) is 7. The number of thiophene rings is 1. The van der Waals surface area contributed by atoms with E-state index < -0.39 is 17.7 Å². The largest absolute Gasteiger partial charge is 0.381 e. The Hall–Kier alpha value is -6.55. The summed E-state index contributed by atoms with van der Waals surface area (Å²) in [5.41, 5.74) is 7.13. The van der Waals surface area contributed by atoms with Crippen molar-refractivity contribution in [3.8, 4) is 11.3 Å². The molecule has 0 spiro atoms. The van der Waals surface area contributed by atoms with Gasteiger partial charge in [0.25, 0.3) is 5.91 Å². The fourth-order valence-electron chi connectivity index (χ4n) is 9.04. The van der Waals surface area contributed by atoms with Crippen molar-refractivity contribution in [3.05, 3.63) is 77.3 Å². The summed E-state index contributed by atoms with van der Waals surface area (Å²) in [7, 11) is 1.85. The monoisotopic (exact) mass is 824 g/mol. The number of carbonyl (C=O) groups is 5. The van der Waals surface area contributed by atoms with Crippen LogP contribution in [-0.4, -0.2) is 119 Å². The minimum atomic E-state index is -0.469. The van der Waals surface area contributed by atoms with Crippen LogP contribution in [0.15, 0.2) is 66.7 Å². The van der Waals surface area contributed by atoms with Gasteiger partial charge < -0.3 is 30.2 Å². The molecule has 306 valence electrons. The predicted octanol–water partition coefficient (Wildman–Crippen LogP) is 4.06. The lowest BCUT2D eigenvalue weighted by atomic mass is 9.93. The summed E-state index contributed by atoms with van der Waals surface area (Å²) in [6, 6.07) is 22.5. The molecule has 6 aromatic rings. The SMILES string of the molecule is C[C@@H]1CNc2c(sc3ccc4nc(-c5cccc(N6CCN(C(=O)C(=O)N7CCN(c8ccc9c(C%10CCC(=O)NC%10=O)nn(C)c9c8)CC7)CC6)c5)ccc4c23)C(=O)N1. The van der Waals surface area contributed by atoms with Crippen molar-refractivity contribution in [1.82, 2.24) is 35.2 Å². The van der Waals surface area contributed by atoms with E-state index in [1.165, 1.54) is 11.3 Å². The Balaban J connectivity index is 0.762. The van der Waals surface area contributed by atoms with Gasteiger partial charge in [0, 0.05) is 116 Å². The molecule has 2 atom stereocenters. The van der Waals surface area contributed by atoms with Crippen molar-refractivity contribution in [1.29, 1.82) is 0 Å². The highest BCUT2D eigenvalue weighted by molar-refractivity contribution is 7.21. The molecule has 7 heterocycles. The zero-order chi connectivity index (χ0) is 41.2. The Morgan fingerprint density at radius 2 is 1.50 bits per heavy atom. The molecule has 4 aliphatic rings. The molecule has 16 heteroatoms. The van der Waals surface area contributed by atoms with E-state index in [1.54, 1.807) is 14.5 Å². The molecule has 3 saturated heterocycles. The molecule has 5 amide bonds. The highest BCUT2D eigenvalue weighted by atomic mass is 32.1. The number of imide groups is 1. The molecule has 3 aromatic heterocycles. The number of rotatable bonds is 4. The Morgan fingerprint density at radius 3 is 2.22 bits per heavy atom. The lowest BCUT2D eigenvalue weighted by molar-refractivity contribution is -0.152. The van der Waals surface area contributed by atoms with Gasteiger partial charge in [-0.2, -0.15) is 5.10 Å². The number of piperazine rings is 2. The standard InChI is InChI=1S/C44H44N10O5S/c1-25-24-45-39-37-29-8-10-32(47-33(29)11-12-35(37)60-40(39)42(57)46-25)26-4-3-5-27(22-26)51-14-18-53(19-15-51)43(58)44(59)54-20-16-52(17-21-54)28-6-7-30-34(23-28)50(2)49-38(30)31-9-13-36(55)48-41(31)56/h3-8,10-12,22-23,25,31,45H,9,13-21,24H2,1-2H3,(H,46,57)(H,48,55,56)/t25-,31?/m1/s1. The van der Waals surface area contributed by atoms with Crippen LogP contribution in [-0.2, 0) is 26.2 Å². The van der Waals surface area contributed by atoms with Gasteiger partial charge in [-0.25, -0.2) is 4.98 Å². The molecule has 10 rings (SSSR count). The lowest BCUT2D eigenvalue weighted by Gasteiger charge is -2.39. The summed E-state index contributed by atoms with van der Waals surface area (Å²) in [6.45, 7) is 6.75. The van der Waals surface area contributed by atoms with Crippen LogP contribution in [0.4, 0.5) is 17.1 Å². The maximum absolute atomic E-state index is 13.5. The van der Waals surface area contributed by atoms with Crippen molar-refractivity contribution in [2.24, 2.45) is 7.05 Å². The first-order valence-electron chi connectivity index (χ1n) is 20.5. The van der Waals surface area contributed by atoms with Crippen molar-refractivity contribution >= 4 is 89.8 Å². The molecule has 4 aliphatic heterocycles. The number of nitrogens with one attached hydrogen (secondary N) is 3. The number of pyridine rings is 1. The normalized spacial score (nSPS) is 19.9. The van der Waals surface area contributed by atoms with E-state index >= 15 is 0 Å². The number of fused-ring (bicyclic) bond motifs is 6. The second kappa shape index (κ2) is 14.9. The molecular formula is C44H44N10O5S. The first-order valence-corrected chi connectivity index (χ1v) is 21.3. The quantitative estimate of drug-likeness (QED) is 0.175. The molecular weight excluding hydrogens is 781 g/mol. The van der Waals surface area contributed by atoms with Gasteiger partial charge >= 0.3 is 11.8 Å². The minimum absolute atomic E-state index is 0.0349. The first kappa shape index (κ1) is 37.7. The average molecular weight is 825 g/mol. The third-order valence-corrected chi connectivity index (χ3v) is 13.5. The Bertz CT molecular complexity index is 2760. The van der Waals surface area contributed by atoms with Crippen molar-refractivity contribution in [2.75, 3.05) is 74.0 Å². The number of piperidine rings is 1. The number of aromatic nitrogens is 3. The maximum Gasteiger partial charge on any atom is 0.312 e. The number of carbonyl (C=O) groups excluding carboxylic acids is 5. The molecule has 3 aromatic carbocycles. The van der Waals surface area contributed by atoms with Crippen molar-refractivity contribution in [2.45, 2.75) is 31.7 Å². The predicted molar refractivity (Wildman–Crippen MR) is 231 cm³/mol. The van der Waals surface area contributed by atoms with E-state index in [0.717, 1.165) is 60.2 Å². The Kier molecular flexibility index (Phi) is 9.38. The smallest absolute Gasteiger partial charge is 0.312 e. The van der Waals surface area contributed by atoms with Crippen LogP contribution in [0.25, 0.3) is 43.1 Å². The molecule has 15 nitrogen and oxygen atoms in total. The summed E-state index contributed by atoms with van der Waals surface area (Å²) in [5, 5.41) is 16.5. The van der Waals surface area contributed by atoms with Gasteiger partial charge in [-0.15, -0.1) is 11.3 Å². The Morgan fingerprint density at radius 1 is 0.800 bits per heavy atom. The van der Waals surface area contributed by atoms with Crippen LogP contribution in [0.2, 0.25) is 0 Å². The second-order valence-corrected chi connectivity index (χ2v) is 17.1. The molecule has 0 radical (unpaired) electrons. The van der Waals surface area contributed by atoms with Gasteiger partial charge in [-0.3, -0.25) is 34.0 Å². The van der Waals surface area contributed by atoms with E-state index in [0.29, 0.717) is 82.3 Å². The molecule has 1 unspecified atom stereocenters. The van der Waals surface area contributed by atoms with Gasteiger partial charge in [0.15, 0.2) is 0 Å². The minimum Gasteiger partial charge on any atom is -0.381 e. The van der Waals surface area contributed by atoms with E-state index in [4.69, 9.17) is 4.98 Å². The van der Waals surface area contributed by atoms with Crippen molar-refractivity contribution < 1.29 is 24.0 Å². The fraction of sp³-hybridized carbons (Fsp3) is 0.341.